The van der Waals surface area contributed by atoms with E-state index in [1.54, 1.807) is 0 Å². The standard InChI is InChI=1S/C9H14BrNO2S/c1-9(5-3-2-4-6-9)7-11-14(12,13)8-10/h3-6,11H,2,7-8H2,1H3. The highest BCUT2D eigenvalue weighted by molar-refractivity contribution is 9.10. The first-order valence-corrected chi connectivity index (χ1v) is 7.13. The van der Waals surface area contributed by atoms with Crippen molar-refractivity contribution in [3.8, 4) is 0 Å². The van der Waals surface area contributed by atoms with Gasteiger partial charge in [0.05, 0.1) is 0 Å². The highest BCUT2D eigenvalue weighted by Crippen LogP contribution is 2.23. The van der Waals surface area contributed by atoms with Crippen molar-refractivity contribution in [2.45, 2.75) is 13.3 Å². The zero-order chi connectivity index (χ0) is 10.7. The summed E-state index contributed by atoms with van der Waals surface area (Å²) in [7, 11) is -3.16. The Morgan fingerprint density at radius 1 is 1.43 bits per heavy atom. The second-order valence-corrected chi connectivity index (χ2v) is 6.70. The summed E-state index contributed by atoms with van der Waals surface area (Å²) in [6, 6.07) is 0. The lowest BCUT2D eigenvalue weighted by Gasteiger charge is -2.24. The van der Waals surface area contributed by atoms with E-state index in [0.717, 1.165) is 6.42 Å². The molecule has 0 saturated carbocycles. The topological polar surface area (TPSA) is 46.2 Å². The monoisotopic (exact) mass is 279 g/mol. The number of sulfonamides is 1. The van der Waals surface area contributed by atoms with Gasteiger partial charge >= 0.3 is 0 Å². The van der Waals surface area contributed by atoms with Crippen LogP contribution in [-0.2, 0) is 10.0 Å². The molecule has 0 fully saturated rings. The zero-order valence-electron chi connectivity index (χ0n) is 8.03. The maximum Gasteiger partial charge on any atom is 0.221 e. The lowest BCUT2D eigenvalue weighted by atomic mass is 9.87. The fourth-order valence-electron chi connectivity index (χ4n) is 1.23. The molecule has 3 nitrogen and oxygen atoms in total. The van der Waals surface area contributed by atoms with Crippen molar-refractivity contribution >= 4 is 26.0 Å². The predicted octanol–water partition coefficient (Wildman–Crippen LogP) is 1.78. The Balaban J connectivity index is 2.57. The van der Waals surface area contributed by atoms with Crippen molar-refractivity contribution in [3.05, 3.63) is 24.3 Å². The van der Waals surface area contributed by atoms with Crippen molar-refractivity contribution in [1.82, 2.24) is 4.72 Å². The Hall–Kier alpha value is -0.130. The molecular formula is C9H14BrNO2S. The van der Waals surface area contributed by atoms with Gasteiger partial charge in [-0.1, -0.05) is 47.2 Å². The molecule has 0 aliphatic heterocycles. The van der Waals surface area contributed by atoms with Crippen molar-refractivity contribution in [2.24, 2.45) is 5.41 Å². The van der Waals surface area contributed by atoms with Crippen LogP contribution in [0.5, 0.6) is 0 Å². The first-order chi connectivity index (χ1) is 6.47. The molecule has 1 N–H and O–H groups in total. The highest BCUT2D eigenvalue weighted by Gasteiger charge is 2.21. The van der Waals surface area contributed by atoms with E-state index in [4.69, 9.17) is 0 Å². The van der Waals surface area contributed by atoms with Crippen LogP contribution in [0.1, 0.15) is 13.3 Å². The van der Waals surface area contributed by atoms with E-state index in [1.807, 2.05) is 31.2 Å². The van der Waals surface area contributed by atoms with E-state index >= 15 is 0 Å². The Labute approximate surface area is 93.5 Å². The van der Waals surface area contributed by atoms with Crippen molar-refractivity contribution < 1.29 is 8.42 Å². The molecular weight excluding hydrogens is 266 g/mol. The number of alkyl halides is 1. The van der Waals surface area contributed by atoms with Gasteiger partial charge in [-0.2, -0.15) is 0 Å². The Morgan fingerprint density at radius 2 is 2.00 bits per heavy atom. The fraction of sp³-hybridized carbons (Fsp3) is 0.556. The quantitative estimate of drug-likeness (QED) is 0.630. The largest absolute Gasteiger partial charge is 0.221 e. The van der Waals surface area contributed by atoms with Gasteiger partial charge in [0.1, 0.15) is 4.66 Å². The van der Waals surface area contributed by atoms with Crippen LogP contribution in [0.15, 0.2) is 24.3 Å². The second-order valence-electron chi connectivity index (χ2n) is 3.59. The number of hydrogen-bond acceptors (Lipinski definition) is 2. The summed E-state index contributed by atoms with van der Waals surface area (Å²) in [5.41, 5.74) is -0.187. The third-order valence-corrected chi connectivity index (χ3v) is 4.77. The van der Waals surface area contributed by atoms with Crippen LogP contribution in [-0.4, -0.2) is 19.6 Å². The van der Waals surface area contributed by atoms with Gasteiger partial charge in [0.25, 0.3) is 0 Å². The lowest BCUT2D eigenvalue weighted by molar-refractivity contribution is 0.515. The maximum atomic E-state index is 11.2. The molecule has 5 heteroatoms. The second kappa shape index (κ2) is 4.59. The molecule has 0 unspecified atom stereocenters. The first-order valence-electron chi connectivity index (χ1n) is 4.36. The summed E-state index contributed by atoms with van der Waals surface area (Å²) in [5, 5.41) is 0. The number of rotatable bonds is 4. The van der Waals surface area contributed by atoms with Gasteiger partial charge in [-0.3, -0.25) is 0 Å². The van der Waals surface area contributed by atoms with Crippen molar-refractivity contribution in [1.29, 1.82) is 0 Å². The number of nitrogens with one attached hydrogen (secondary N) is 1. The summed E-state index contributed by atoms with van der Waals surface area (Å²) >= 11 is 2.93. The Kier molecular flexibility index (Phi) is 3.92. The van der Waals surface area contributed by atoms with Gasteiger partial charge in [0.2, 0.25) is 10.0 Å². The van der Waals surface area contributed by atoms with Gasteiger partial charge in [0, 0.05) is 12.0 Å². The van der Waals surface area contributed by atoms with Crippen LogP contribution in [0.25, 0.3) is 0 Å². The molecule has 0 atom stereocenters. The van der Waals surface area contributed by atoms with Gasteiger partial charge < -0.3 is 0 Å². The number of allylic oxidation sites excluding steroid dienone is 2. The number of halogens is 1. The van der Waals surface area contributed by atoms with Crippen LogP contribution >= 0.6 is 15.9 Å². The molecule has 0 spiro atoms. The third kappa shape index (κ3) is 3.55. The molecule has 0 aromatic carbocycles. The van der Waals surface area contributed by atoms with E-state index in [-0.39, 0.29) is 10.1 Å². The third-order valence-electron chi connectivity index (χ3n) is 2.09. The van der Waals surface area contributed by atoms with Crippen LogP contribution in [0.2, 0.25) is 0 Å². The average molecular weight is 280 g/mol. The zero-order valence-corrected chi connectivity index (χ0v) is 10.4. The van der Waals surface area contributed by atoms with Crippen LogP contribution in [0.4, 0.5) is 0 Å². The SMILES string of the molecule is CC1(CNS(=O)(=O)CBr)C=CCC=C1. The highest BCUT2D eigenvalue weighted by atomic mass is 79.9. The van der Waals surface area contributed by atoms with Gasteiger partial charge in [-0.15, -0.1) is 0 Å². The molecule has 0 aromatic rings. The van der Waals surface area contributed by atoms with Crippen LogP contribution < -0.4 is 4.72 Å². The molecule has 1 aliphatic carbocycles. The minimum absolute atomic E-state index is 0.0521. The van der Waals surface area contributed by atoms with Crippen molar-refractivity contribution in [2.75, 3.05) is 11.2 Å². The minimum atomic E-state index is -3.16. The molecule has 0 aromatic heterocycles. The van der Waals surface area contributed by atoms with Gasteiger partial charge in [-0.05, 0) is 6.42 Å². The first kappa shape index (κ1) is 11.9. The summed E-state index contributed by atoms with van der Waals surface area (Å²) in [6.45, 7) is 2.41. The summed E-state index contributed by atoms with van der Waals surface area (Å²) in [5.74, 6) is 0. The summed E-state index contributed by atoms with van der Waals surface area (Å²) in [4.78, 5) is 0. The molecule has 0 amide bonds. The van der Waals surface area contributed by atoms with E-state index in [2.05, 4.69) is 20.7 Å². The predicted molar refractivity (Wildman–Crippen MR) is 61.7 cm³/mol. The summed E-state index contributed by atoms with van der Waals surface area (Å²) < 4.78 is 24.8. The van der Waals surface area contributed by atoms with Gasteiger partial charge in [-0.25, -0.2) is 13.1 Å². The van der Waals surface area contributed by atoms with Crippen molar-refractivity contribution in [3.63, 3.8) is 0 Å². The smallest absolute Gasteiger partial charge is 0.213 e. The molecule has 0 radical (unpaired) electrons. The Morgan fingerprint density at radius 3 is 2.50 bits per heavy atom. The van der Waals surface area contributed by atoms with E-state index in [9.17, 15) is 8.42 Å². The van der Waals surface area contributed by atoms with Crippen LogP contribution in [0, 0.1) is 5.41 Å². The molecule has 0 saturated heterocycles. The van der Waals surface area contributed by atoms with E-state index in [1.165, 1.54) is 0 Å². The average Bonchev–Trinajstić information content (AvgIpc) is 2.17. The Bertz CT molecular complexity index is 334. The lowest BCUT2D eigenvalue weighted by Crippen LogP contribution is -2.34. The molecule has 1 rings (SSSR count). The summed E-state index contributed by atoms with van der Waals surface area (Å²) in [6.07, 6.45) is 9.08. The fourth-order valence-corrected chi connectivity index (χ4v) is 2.32. The maximum absolute atomic E-state index is 11.2. The van der Waals surface area contributed by atoms with Crippen LogP contribution in [0.3, 0.4) is 0 Å². The minimum Gasteiger partial charge on any atom is -0.213 e. The molecule has 1 aliphatic rings. The van der Waals surface area contributed by atoms with E-state index in [0.29, 0.717) is 6.54 Å². The van der Waals surface area contributed by atoms with Gasteiger partial charge in [0.15, 0.2) is 0 Å². The normalized spacial score (nSPS) is 19.9. The molecule has 80 valence electrons. The number of hydrogen-bond donors (Lipinski definition) is 1. The molecule has 0 bridgehead atoms. The molecule has 14 heavy (non-hydrogen) atoms. The molecule has 0 heterocycles. The van der Waals surface area contributed by atoms with E-state index < -0.39 is 10.0 Å².